The molecule has 25 heavy (non-hydrogen) atoms. The second-order valence-corrected chi connectivity index (χ2v) is 6.74. The second-order valence-electron chi connectivity index (χ2n) is 5.82. The average molecular weight is 404 g/mol. The van der Waals surface area contributed by atoms with E-state index in [0.29, 0.717) is 13.0 Å². The molecule has 0 spiro atoms. The van der Waals surface area contributed by atoms with E-state index in [4.69, 9.17) is 9.47 Å². The third kappa shape index (κ3) is 4.02. The molecule has 0 bridgehead atoms. The molecule has 3 rings (SSSR count). The van der Waals surface area contributed by atoms with Crippen LogP contribution in [0.2, 0.25) is 0 Å². The summed E-state index contributed by atoms with van der Waals surface area (Å²) >= 11 is 3.44. The summed E-state index contributed by atoms with van der Waals surface area (Å²) in [5, 5.41) is 0. The molecule has 6 heteroatoms. The Morgan fingerprint density at radius 3 is 2.64 bits per heavy atom. The summed E-state index contributed by atoms with van der Waals surface area (Å²) in [4.78, 5) is 26.2. The van der Waals surface area contributed by atoms with Crippen LogP contribution in [-0.2, 0) is 33.8 Å². The van der Waals surface area contributed by atoms with E-state index in [1.54, 1.807) is 0 Å². The van der Waals surface area contributed by atoms with Gasteiger partial charge in [-0.1, -0.05) is 52.3 Å². The molecule has 1 heterocycles. The molecule has 5 nitrogen and oxygen atoms in total. The highest BCUT2D eigenvalue weighted by Crippen LogP contribution is 2.27. The number of carbonyl (C=O) groups excluding carboxylic acids is 2. The van der Waals surface area contributed by atoms with Crippen LogP contribution in [0.15, 0.2) is 53.0 Å². The first-order valence-corrected chi connectivity index (χ1v) is 8.70. The van der Waals surface area contributed by atoms with Crippen molar-refractivity contribution in [3.8, 4) is 0 Å². The normalized spacial score (nSPS) is 16.1. The minimum absolute atomic E-state index is 0.162. The van der Waals surface area contributed by atoms with Crippen LogP contribution in [0, 0.1) is 0 Å². The van der Waals surface area contributed by atoms with Crippen LogP contribution in [-0.4, -0.2) is 30.1 Å². The van der Waals surface area contributed by atoms with E-state index in [9.17, 15) is 9.59 Å². The van der Waals surface area contributed by atoms with Crippen molar-refractivity contribution in [1.82, 2.24) is 4.90 Å². The fraction of sp³-hybridized carbons (Fsp3) is 0.263. The van der Waals surface area contributed by atoms with Crippen molar-refractivity contribution in [2.24, 2.45) is 0 Å². The summed E-state index contributed by atoms with van der Waals surface area (Å²) in [5.41, 5.74) is 2.92. The quantitative estimate of drug-likeness (QED) is 0.733. The second kappa shape index (κ2) is 7.70. The van der Waals surface area contributed by atoms with Crippen LogP contribution in [0.5, 0.6) is 0 Å². The number of methoxy groups -OCH3 is 1. The van der Waals surface area contributed by atoms with Crippen molar-refractivity contribution in [3.63, 3.8) is 0 Å². The fourth-order valence-corrected chi connectivity index (χ4v) is 3.30. The van der Waals surface area contributed by atoms with E-state index >= 15 is 0 Å². The van der Waals surface area contributed by atoms with Gasteiger partial charge in [-0.3, -0.25) is 4.90 Å². The first-order valence-electron chi connectivity index (χ1n) is 7.91. The van der Waals surface area contributed by atoms with Gasteiger partial charge in [0.2, 0.25) is 0 Å². The zero-order valence-corrected chi connectivity index (χ0v) is 15.4. The number of carbonyl (C=O) groups is 2. The Bertz CT molecular complexity index is 778. The predicted molar refractivity (Wildman–Crippen MR) is 95.8 cm³/mol. The number of amides is 1. The van der Waals surface area contributed by atoms with Crippen LogP contribution >= 0.6 is 15.9 Å². The number of esters is 1. The predicted octanol–water partition coefficient (Wildman–Crippen LogP) is 3.69. The summed E-state index contributed by atoms with van der Waals surface area (Å²) in [6.07, 6.45) is -0.111. The molecule has 130 valence electrons. The Kier molecular flexibility index (Phi) is 5.38. The number of rotatable bonds is 3. The molecule has 0 aliphatic carbocycles. The lowest BCUT2D eigenvalue weighted by atomic mass is 9.94. The van der Waals surface area contributed by atoms with Crippen molar-refractivity contribution in [1.29, 1.82) is 0 Å². The third-order valence-electron chi connectivity index (χ3n) is 4.21. The van der Waals surface area contributed by atoms with Gasteiger partial charge in [0.25, 0.3) is 0 Å². The molecule has 2 aromatic carbocycles. The molecule has 0 saturated carbocycles. The molecule has 0 aromatic heterocycles. The first-order chi connectivity index (χ1) is 12.1. The van der Waals surface area contributed by atoms with Gasteiger partial charge >= 0.3 is 12.1 Å². The van der Waals surface area contributed by atoms with E-state index in [1.165, 1.54) is 12.0 Å². The zero-order valence-electron chi connectivity index (χ0n) is 13.8. The smallest absolute Gasteiger partial charge is 0.411 e. The first kappa shape index (κ1) is 17.5. The maximum atomic E-state index is 12.6. The zero-order chi connectivity index (χ0) is 17.8. The van der Waals surface area contributed by atoms with Gasteiger partial charge in [0, 0.05) is 10.9 Å². The number of hydrogen-bond acceptors (Lipinski definition) is 4. The van der Waals surface area contributed by atoms with Crippen LogP contribution in [0.1, 0.15) is 16.7 Å². The van der Waals surface area contributed by atoms with E-state index in [2.05, 4.69) is 15.9 Å². The number of halogens is 1. The maximum absolute atomic E-state index is 12.6. The molecule has 2 aromatic rings. The molecule has 1 amide bonds. The molecule has 1 aliphatic heterocycles. The Hall–Kier alpha value is -2.34. The van der Waals surface area contributed by atoms with Gasteiger partial charge in [-0.15, -0.1) is 0 Å². The van der Waals surface area contributed by atoms with Crippen LogP contribution in [0.3, 0.4) is 0 Å². The molecule has 0 saturated heterocycles. The van der Waals surface area contributed by atoms with Crippen molar-refractivity contribution in [2.75, 3.05) is 7.11 Å². The Morgan fingerprint density at radius 2 is 1.92 bits per heavy atom. The standard InChI is InChI=1S/C19H18BrNO4/c1-24-18(22)17-10-14-7-8-16(20)9-15(14)11-21(17)19(23)25-12-13-5-3-2-4-6-13/h2-9,17H,10-12H2,1H3/t17-/m0/s1. The molecule has 0 fully saturated rings. The van der Waals surface area contributed by atoms with Crippen LogP contribution in [0.25, 0.3) is 0 Å². The fourth-order valence-electron chi connectivity index (χ4n) is 2.89. The highest BCUT2D eigenvalue weighted by atomic mass is 79.9. The molecular formula is C19H18BrNO4. The van der Waals surface area contributed by atoms with Crippen molar-refractivity contribution < 1.29 is 19.1 Å². The highest BCUT2D eigenvalue weighted by molar-refractivity contribution is 9.10. The Morgan fingerprint density at radius 1 is 1.16 bits per heavy atom. The number of ether oxygens (including phenoxy) is 2. The molecule has 0 radical (unpaired) electrons. The van der Waals surface area contributed by atoms with E-state index in [-0.39, 0.29) is 6.61 Å². The van der Waals surface area contributed by atoms with Crippen LogP contribution < -0.4 is 0 Å². The molecule has 0 unspecified atom stereocenters. The summed E-state index contributed by atoms with van der Waals surface area (Å²) < 4.78 is 11.2. The highest BCUT2D eigenvalue weighted by Gasteiger charge is 2.36. The summed E-state index contributed by atoms with van der Waals surface area (Å²) in [5.74, 6) is -0.440. The lowest BCUT2D eigenvalue weighted by Gasteiger charge is -2.34. The number of benzene rings is 2. The van der Waals surface area contributed by atoms with Gasteiger partial charge in [-0.05, 0) is 28.8 Å². The van der Waals surface area contributed by atoms with Gasteiger partial charge in [0.05, 0.1) is 13.7 Å². The van der Waals surface area contributed by atoms with E-state index in [0.717, 1.165) is 21.2 Å². The number of nitrogens with zero attached hydrogens (tertiary/aromatic N) is 1. The largest absolute Gasteiger partial charge is 0.467 e. The van der Waals surface area contributed by atoms with E-state index in [1.807, 2.05) is 48.5 Å². The van der Waals surface area contributed by atoms with Crippen LogP contribution in [0.4, 0.5) is 4.79 Å². The molecule has 0 N–H and O–H groups in total. The minimum atomic E-state index is -0.679. The molecule has 1 atom stereocenters. The average Bonchev–Trinajstić information content (AvgIpc) is 2.65. The topological polar surface area (TPSA) is 55.8 Å². The van der Waals surface area contributed by atoms with Gasteiger partial charge in [-0.2, -0.15) is 0 Å². The van der Waals surface area contributed by atoms with Gasteiger partial charge < -0.3 is 9.47 Å². The van der Waals surface area contributed by atoms with E-state index < -0.39 is 18.1 Å². The SMILES string of the molecule is COC(=O)[C@@H]1Cc2ccc(Br)cc2CN1C(=O)OCc1ccccc1. The Labute approximate surface area is 154 Å². The van der Waals surface area contributed by atoms with Gasteiger partial charge in [0.1, 0.15) is 12.6 Å². The maximum Gasteiger partial charge on any atom is 0.411 e. The molecule has 1 aliphatic rings. The molecular weight excluding hydrogens is 386 g/mol. The Balaban J connectivity index is 1.78. The summed E-state index contributed by atoms with van der Waals surface area (Å²) in [7, 11) is 1.33. The third-order valence-corrected chi connectivity index (χ3v) is 4.70. The lowest BCUT2D eigenvalue weighted by Crippen LogP contribution is -2.49. The number of fused-ring (bicyclic) bond motifs is 1. The summed E-state index contributed by atoms with van der Waals surface area (Å²) in [6, 6.07) is 14.6. The van der Waals surface area contributed by atoms with Gasteiger partial charge in [0.15, 0.2) is 0 Å². The minimum Gasteiger partial charge on any atom is -0.467 e. The van der Waals surface area contributed by atoms with Crippen molar-refractivity contribution >= 4 is 28.0 Å². The van der Waals surface area contributed by atoms with Crippen molar-refractivity contribution in [2.45, 2.75) is 25.6 Å². The van der Waals surface area contributed by atoms with Crippen molar-refractivity contribution in [3.05, 3.63) is 69.7 Å². The number of hydrogen-bond donors (Lipinski definition) is 0. The monoisotopic (exact) mass is 403 g/mol. The summed E-state index contributed by atoms with van der Waals surface area (Å²) in [6.45, 7) is 0.470. The lowest BCUT2D eigenvalue weighted by molar-refractivity contribution is -0.147. The van der Waals surface area contributed by atoms with Gasteiger partial charge in [-0.25, -0.2) is 9.59 Å².